The van der Waals surface area contributed by atoms with Crippen molar-refractivity contribution in [2.45, 2.75) is 26.2 Å². The minimum absolute atomic E-state index is 0.0209. The first kappa shape index (κ1) is 17.2. The van der Waals surface area contributed by atoms with Crippen molar-refractivity contribution >= 4 is 22.7 Å². The van der Waals surface area contributed by atoms with Gasteiger partial charge in [-0.25, -0.2) is 0 Å². The number of aromatic nitrogens is 1. The molecule has 1 aromatic heterocycles. The molecule has 1 aliphatic rings. The molecule has 0 spiro atoms. The predicted molar refractivity (Wildman–Crippen MR) is 88.2 cm³/mol. The van der Waals surface area contributed by atoms with Gasteiger partial charge in [0.25, 0.3) is 11.8 Å². The number of benzene rings is 1. The van der Waals surface area contributed by atoms with E-state index in [9.17, 15) is 18.4 Å². The van der Waals surface area contributed by atoms with Crippen LogP contribution in [0.1, 0.15) is 28.5 Å². The Hall–Kier alpha value is -2.64. The minimum atomic E-state index is -3.05. The van der Waals surface area contributed by atoms with E-state index in [1.807, 2.05) is 19.1 Å². The average Bonchev–Trinajstić information content (AvgIpc) is 3.18. The molecule has 0 saturated heterocycles. The van der Waals surface area contributed by atoms with Crippen LogP contribution in [0.4, 0.5) is 8.78 Å². The smallest absolute Gasteiger partial charge is 0.315 e. The van der Waals surface area contributed by atoms with Gasteiger partial charge in [0.05, 0.1) is 6.61 Å². The molecule has 0 aliphatic carbocycles. The summed E-state index contributed by atoms with van der Waals surface area (Å²) in [5.41, 5.74) is 2.89. The van der Waals surface area contributed by atoms with Crippen LogP contribution in [-0.2, 0) is 17.6 Å². The van der Waals surface area contributed by atoms with Crippen molar-refractivity contribution in [1.82, 2.24) is 15.6 Å². The Balaban J connectivity index is 1.97. The van der Waals surface area contributed by atoms with Crippen LogP contribution in [-0.4, -0.2) is 42.9 Å². The largest absolute Gasteiger partial charge is 0.493 e. The van der Waals surface area contributed by atoms with Gasteiger partial charge in [0, 0.05) is 36.0 Å². The fourth-order valence-corrected chi connectivity index (χ4v) is 3.14. The van der Waals surface area contributed by atoms with Gasteiger partial charge in [-0.15, -0.1) is 0 Å². The highest BCUT2D eigenvalue weighted by Gasteiger charge is 2.24. The van der Waals surface area contributed by atoms with Crippen molar-refractivity contribution in [3.8, 4) is 5.75 Å². The zero-order valence-electron chi connectivity index (χ0n) is 13.7. The first-order valence-corrected chi connectivity index (χ1v) is 8.16. The number of nitrogens with one attached hydrogen (secondary N) is 3. The van der Waals surface area contributed by atoms with Gasteiger partial charge < -0.3 is 20.4 Å². The monoisotopic (exact) mass is 351 g/mol. The number of hydrogen-bond donors (Lipinski definition) is 3. The number of fused-ring (bicyclic) bond motifs is 3. The van der Waals surface area contributed by atoms with Gasteiger partial charge in [0.2, 0.25) is 0 Å². The number of halogens is 2. The number of rotatable bonds is 6. The highest BCUT2D eigenvalue weighted by Crippen LogP contribution is 2.36. The molecule has 8 heteroatoms. The summed E-state index contributed by atoms with van der Waals surface area (Å²) in [7, 11) is 0. The van der Waals surface area contributed by atoms with Crippen molar-refractivity contribution in [1.29, 1.82) is 0 Å². The Morgan fingerprint density at radius 2 is 2.12 bits per heavy atom. The van der Waals surface area contributed by atoms with E-state index in [-0.39, 0.29) is 18.9 Å². The quantitative estimate of drug-likeness (QED) is 0.742. The standard InChI is InChI=1S/C17H19F2N3O3/c1-2-20-16(23)14-10(5-7-21-17(24)15(18)19)13-9-6-8-25-12(9)4-3-11(13)22-14/h3-4,15,22H,2,5-8H2,1H3,(H,20,23)(H,21,24). The number of carbonyl (C=O) groups is 2. The lowest BCUT2D eigenvalue weighted by molar-refractivity contribution is -0.131. The predicted octanol–water partition coefficient (Wildman–Crippen LogP) is 1.78. The normalized spacial score (nSPS) is 13.0. The van der Waals surface area contributed by atoms with Crippen molar-refractivity contribution in [2.75, 3.05) is 19.7 Å². The summed E-state index contributed by atoms with van der Waals surface area (Å²) in [5, 5.41) is 5.80. The molecule has 2 aromatic rings. The topological polar surface area (TPSA) is 83.2 Å². The zero-order valence-corrected chi connectivity index (χ0v) is 13.7. The molecule has 134 valence electrons. The molecular weight excluding hydrogens is 332 g/mol. The van der Waals surface area contributed by atoms with Crippen LogP contribution < -0.4 is 15.4 Å². The number of H-pyrrole nitrogens is 1. The lowest BCUT2D eigenvalue weighted by Crippen LogP contribution is -2.31. The highest BCUT2D eigenvalue weighted by atomic mass is 19.3. The van der Waals surface area contributed by atoms with Gasteiger partial charge in [0.1, 0.15) is 11.4 Å². The number of hydrogen-bond acceptors (Lipinski definition) is 3. The summed E-state index contributed by atoms with van der Waals surface area (Å²) >= 11 is 0. The van der Waals surface area contributed by atoms with Crippen LogP contribution in [0.5, 0.6) is 5.75 Å². The van der Waals surface area contributed by atoms with E-state index < -0.39 is 12.3 Å². The maximum Gasteiger partial charge on any atom is 0.315 e. The van der Waals surface area contributed by atoms with E-state index in [1.165, 1.54) is 0 Å². The second kappa shape index (κ2) is 7.08. The zero-order chi connectivity index (χ0) is 18.0. The number of aromatic amines is 1. The second-order valence-electron chi connectivity index (χ2n) is 5.74. The Labute approximate surface area is 142 Å². The molecule has 0 saturated carbocycles. The maximum absolute atomic E-state index is 12.4. The third-order valence-corrected chi connectivity index (χ3v) is 4.18. The van der Waals surface area contributed by atoms with E-state index in [0.717, 1.165) is 28.6 Å². The van der Waals surface area contributed by atoms with Gasteiger partial charge in [0.15, 0.2) is 0 Å². The fraction of sp³-hybridized carbons (Fsp3) is 0.412. The molecule has 3 N–H and O–H groups in total. The van der Waals surface area contributed by atoms with Gasteiger partial charge in [-0.3, -0.25) is 9.59 Å². The summed E-state index contributed by atoms with van der Waals surface area (Å²) in [6.45, 7) is 2.87. The molecular formula is C17H19F2N3O3. The van der Waals surface area contributed by atoms with Crippen molar-refractivity contribution < 1.29 is 23.1 Å². The van der Waals surface area contributed by atoms with E-state index >= 15 is 0 Å². The molecule has 0 atom stereocenters. The van der Waals surface area contributed by atoms with Crippen LogP contribution in [0, 0.1) is 0 Å². The molecule has 1 aromatic carbocycles. The minimum Gasteiger partial charge on any atom is -0.493 e. The molecule has 0 radical (unpaired) electrons. The van der Waals surface area contributed by atoms with Crippen molar-refractivity contribution in [2.24, 2.45) is 0 Å². The molecule has 25 heavy (non-hydrogen) atoms. The van der Waals surface area contributed by atoms with E-state index in [4.69, 9.17) is 4.74 Å². The third-order valence-electron chi connectivity index (χ3n) is 4.18. The summed E-state index contributed by atoms with van der Waals surface area (Å²) < 4.78 is 30.2. The number of alkyl halides is 2. The van der Waals surface area contributed by atoms with Gasteiger partial charge in [-0.05, 0) is 31.0 Å². The van der Waals surface area contributed by atoms with Gasteiger partial charge >= 0.3 is 6.43 Å². The third kappa shape index (κ3) is 3.29. The molecule has 3 rings (SSSR count). The Bertz CT molecular complexity index is 817. The Morgan fingerprint density at radius 3 is 2.84 bits per heavy atom. The molecule has 2 amide bonds. The molecule has 2 heterocycles. The fourth-order valence-electron chi connectivity index (χ4n) is 3.14. The van der Waals surface area contributed by atoms with Crippen molar-refractivity contribution in [3.63, 3.8) is 0 Å². The molecule has 0 bridgehead atoms. The van der Waals surface area contributed by atoms with E-state index in [2.05, 4.69) is 15.6 Å². The van der Waals surface area contributed by atoms with E-state index in [0.29, 0.717) is 24.4 Å². The summed E-state index contributed by atoms with van der Waals surface area (Å²) in [5.74, 6) is -0.804. The first-order valence-electron chi connectivity index (χ1n) is 8.16. The van der Waals surface area contributed by atoms with Crippen LogP contribution in [0.2, 0.25) is 0 Å². The number of ether oxygens (including phenoxy) is 1. The lowest BCUT2D eigenvalue weighted by atomic mass is 10.00. The molecule has 6 nitrogen and oxygen atoms in total. The van der Waals surface area contributed by atoms with Crippen molar-refractivity contribution in [3.05, 3.63) is 29.0 Å². The Kier molecular flexibility index (Phi) is 4.87. The summed E-state index contributed by atoms with van der Waals surface area (Å²) in [6.07, 6.45) is -2.07. The molecule has 0 unspecified atom stereocenters. The van der Waals surface area contributed by atoms with E-state index in [1.54, 1.807) is 0 Å². The summed E-state index contributed by atoms with van der Waals surface area (Å²) in [4.78, 5) is 26.5. The summed E-state index contributed by atoms with van der Waals surface area (Å²) in [6, 6.07) is 3.69. The number of amides is 2. The maximum atomic E-state index is 12.4. The first-order chi connectivity index (χ1) is 12.0. The SMILES string of the molecule is CCNC(=O)c1[nH]c2ccc3c(c2c1CCNC(=O)C(F)F)CCO3. The van der Waals surface area contributed by atoms with Crippen LogP contribution in [0.3, 0.4) is 0 Å². The highest BCUT2D eigenvalue weighted by molar-refractivity contribution is 6.02. The number of carbonyl (C=O) groups excluding carboxylic acids is 2. The van der Waals surface area contributed by atoms with Gasteiger partial charge in [-0.2, -0.15) is 8.78 Å². The van der Waals surface area contributed by atoms with Crippen LogP contribution in [0.25, 0.3) is 10.9 Å². The Morgan fingerprint density at radius 1 is 1.32 bits per heavy atom. The molecule has 1 aliphatic heterocycles. The van der Waals surface area contributed by atoms with Crippen LogP contribution in [0.15, 0.2) is 12.1 Å². The average molecular weight is 351 g/mol. The molecule has 0 fully saturated rings. The second-order valence-corrected chi connectivity index (χ2v) is 5.74. The lowest BCUT2D eigenvalue weighted by Gasteiger charge is -2.08. The van der Waals surface area contributed by atoms with Crippen LogP contribution >= 0.6 is 0 Å². The van der Waals surface area contributed by atoms with Gasteiger partial charge in [-0.1, -0.05) is 0 Å².